The molecule has 2 aliphatic rings. The van der Waals surface area contributed by atoms with Gasteiger partial charge in [-0.25, -0.2) is 9.78 Å². The number of aromatic amines is 1. The van der Waals surface area contributed by atoms with Gasteiger partial charge in [-0.05, 0) is 50.2 Å². The molecule has 0 unspecified atom stereocenters. The number of hydrogen-bond donors (Lipinski definition) is 2. The van der Waals surface area contributed by atoms with Crippen molar-refractivity contribution in [3.05, 3.63) is 71.9 Å². The van der Waals surface area contributed by atoms with Crippen LogP contribution in [0.25, 0.3) is 11.3 Å². The van der Waals surface area contributed by atoms with E-state index in [2.05, 4.69) is 20.3 Å². The molecule has 1 aliphatic heterocycles. The molecule has 1 saturated carbocycles. The number of nitrogens with zero attached hydrogens (tertiary/aromatic N) is 2. The monoisotopic (exact) mass is 528 g/mol. The van der Waals surface area contributed by atoms with Crippen molar-refractivity contribution in [2.24, 2.45) is 5.92 Å². The highest BCUT2D eigenvalue weighted by Crippen LogP contribution is 2.48. The molecule has 3 aromatic rings. The summed E-state index contributed by atoms with van der Waals surface area (Å²) in [5.74, 6) is 0.556. The molecule has 1 fully saturated rings. The Kier molecular flexibility index (Phi) is 8.19. The van der Waals surface area contributed by atoms with E-state index in [1.165, 1.54) is 0 Å². The Morgan fingerprint density at radius 1 is 1.10 bits per heavy atom. The van der Waals surface area contributed by atoms with Crippen molar-refractivity contribution in [3.63, 3.8) is 0 Å². The Labute approximate surface area is 229 Å². The maximum absolute atomic E-state index is 13.5. The van der Waals surface area contributed by atoms with Crippen molar-refractivity contribution in [3.8, 4) is 11.3 Å². The van der Waals surface area contributed by atoms with Gasteiger partial charge in [-0.3, -0.25) is 14.6 Å². The zero-order valence-electron chi connectivity index (χ0n) is 22.4. The summed E-state index contributed by atoms with van der Waals surface area (Å²) >= 11 is 0. The average molecular weight is 529 g/mol. The maximum Gasteiger partial charge on any atom is 0.341 e. The van der Waals surface area contributed by atoms with Gasteiger partial charge >= 0.3 is 5.97 Å². The number of imidazole rings is 1. The number of aromatic nitrogens is 3. The van der Waals surface area contributed by atoms with E-state index in [-0.39, 0.29) is 23.8 Å². The van der Waals surface area contributed by atoms with Crippen LogP contribution in [0, 0.1) is 5.92 Å². The molecule has 2 aromatic heterocycles. The lowest BCUT2D eigenvalue weighted by molar-refractivity contribution is -0.129. The molecule has 1 amide bonds. The summed E-state index contributed by atoms with van der Waals surface area (Å²) in [7, 11) is 0. The molecule has 1 aromatic carbocycles. The molecular weight excluding hydrogens is 492 g/mol. The predicted molar refractivity (Wildman–Crippen MR) is 147 cm³/mol. The van der Waals surface area contributed by atoms with E-state index in [1.54, 1.807) is 12.4 Å². The number of Topliss-reactive ketones (excluding diaryl/α,β-unsaturated/α-hetero) is 1. The van der Waals surface area contributed by atoms with Gasteiger partial charge in [0.15, 0.2) is 0 Å². The molecule has 39 heavy (non-hydrogen) atoms. The largest absolute Gasteiger partial charge is 0.451 e. The fourth-order valence-corrected chi connectivity index (χ4v) is 5.83. The molecule has 0 saturated heterocycles. The van der Waals surface area contributed by atoms with E-state index < -0.39 is 5.60 Å². The highest BCUT2D eigenvalue weighted by atomic mass is 16.6. The van der Waals surface area contributed by atoms with Crippen molar-refractivity contribution in [1.29, 1.82) is 0 Å². The van der Waals surface area contributed by atoms with Crippen molar-refractivity contribution in [2.45, 2.75) is 82.8 Å². The number of H-pyrrole nitrogens is 1. The number of rotatable bonds is 11. The molecule has 8 heteroatoms. The summed E-state index contributed by atoms with van der Waals surface area (Å²) in [5, 5.41) is 3.27. The smallest absolute Gasteiger partial charge is 0.341 e. The zero-order chi connectivity index (χ0) is 27.2. The summed E-state index contributed by atoms with van der Waals surface area (Å²) in [6.45, 7) is 1.90. The standard InChI is InChI=1S/C31H36N4O4/c1-2-23(36)11-7-4-8-12-26(28-33-20-27(34-28)21-9-5-3-6-10-21)35-29(37)22-13-16-31(17-14-22)25-15-18-32-19-24(25)30(38)39-31/h3,5-6,9-10,15,18-20,22,26H,2,4,7-8,11-14,16-17H2,1H3,(H,33,34)(H,35,37)/t22-,26-,31-/m0/s1. The number of esters is 1. The van der Waals surface area contributed by atoms with Crippen LogP contribution in [0.5, 0.6) is 0 Å². The number of fused-ring (bicyclic) bond motifs is 2. The Balaban J connectivity index is 1.24. The zero-order valence-corrected chi connectivity index (χ0v) is 22.4. The van der Waals surface area contributed by atoms with Crippen LogP contribution in [0.3, 0.4) is 0 Å². The van der Waals surface area contributed by atoms with E-state index in [1.807, 2.05) is 49.5 Å². The van der Waals surface area contributed by atoms with Gasteiger partial charge in [0.1, 0.15) is 17.2 Å². The van der Waals surface area contributed by atoms with Crippen molar-refractivity contribution in [1.82, 2.24) is 20.3 Å². The van der Waals surface area contributed by atoms with Crippen LogP contribution in [0.1, 0.15) is 98.9 Å². The first-order valence-corrected chi connectivity index (χ1v) is 14.1. The minimum Gasteiger partial charge on any atom is -0.451 e. The second-order valence-corrected chi connectivity index (χ2v) is 10.7. The van der Waals surface area contributed by atoms with Crippen LogP contribution in [0.2, 0.25) is 0 Å². The van der Waals surface area contributed by atoms with Crippen LogP contribution in [0.4, 0.5) is 0 Å². The van der Waals surface area contributed by atoms with Crippen LogP contribution >= 0.6 is 0 Å². The number of ketones is 1. The highest BCUT2D eigenvalue weighted by molar-refractivity contribution is 5.94. The molecule has 1 atom stereocenters. The van der Waals surface area contributed by atoms with Crippen LogP contribution < -0.4 is 5.32 Å². The quantitative estimate of drug-likeness (QED) is 0.240. The fourth-order valence-electron chi connectivity index (χ4n) is 5.83. The van der Waals surface area contributed by atoms with Crippen LogP contribution in [0.15, 0.2) is 55.0 Å². The first-order chi connectivity index (χ1) is 19.0. The summed E-state index contributed by atoms with van der Waals surface area (Å²) < 4.78 is 5.83. The normalized spacial score (nSPS) is 20.8. The number of carbonyl (C=O) groups is 3. The van der Waals surface area contributed by atoms with Gasteiger partial charge in [0.25, 0.3) is 0 Å². The summed E-state index contributed by atoms with van der Waals surface area (Å²) in [6.07, 6.45) is 12.2. The lowest BCUT2D eigenvalue weighted by atomic mass is 9.75. The molecule has 3 heterocycles. The Morgan fingerprint density at radius 3 is 2.67 bits per heavy atom. The first-order valence-electron chi connectivity index (χ1n) is 14.1. The van der Waals surface area contributed by atoms with Crippen LogP contribution in [-0.2, 0) is 19.9 Å². The fraction of sp³-hybridized carbons (Fsp3) is 0.452. The molecule has 1 spiro atoms. The number of benzene rings is 1. The van der Waals surface area contributed by atoms with Gasteiger partial charge in [-0.1, -0.05) is 50.1 Å². The third-order valence-electron chi connectivity index (χ3n) is 8.15. The number of unbranched alkanes of at least 4 members (excludes halogenated alkanes) is 2. The summed E-state index contributed by atoms with van der Waals surface area (Å²) in [6, 6.07) is 11.6. The summed E-state index contributed by atoms with van der Waals surface area (Å²) in [5.41, 5.74) is 2.73. The topological polar surface area (TPSA) is 114 Å². The Hall–Kier alpha value is -3.81. The van der Waals surface area contributed by atoms with E-state index >= 15 is 0 Å². The number of pyridine rings is 1. The van der Waals surface area contributed by atoms with Crippen molar-refractivity contribution < 1.29 is 19.1 Å². The van der Waals surface area contributed by atoms with Gasteiger partial charge in [0.2, 0.25) is 5.91 Å². The van der Waals surface area contributed by atoms with Crippen molar-refractivity contribution >= 4 is 17.7 Å². The lowest BCUT2D eigenvalue weighted by Gasteiger charge is -2.36. The van der Waals surface area contributed by atoms with Crippen molar-refractivity contribution in [2.75, 3.05) is 0 Å². The van der Waals surface area contributed by atoms with Crippen LogP contribution in [-0.4, -0.2) is 32.6 Å². The van der Waals surface area contributed by atoms with Gasteiger partial charge < -0.3 is 15.0 Å². The molecule has 1 aliphatic carbocycles. The molecular formula is C31H36N4O4. The Morgan fingerprint density at radius 2 is 1.90 bits per heavy atom. The molecule has 0 bridgehead atoms. The lowest BCUT2D eigenvalue weighted by Crippen LogP contribution is -2.40. The minimum absolute atomic E-state index is 0.00736. The molecule has 5 rings (SSSR count). The van der Waals surface area contributed by atoms with E-state index in [4.69, 9.17) is 4.74 Å². The number of hydrogen-bond acceptors (Lipinski definition) is 6. The second-order valence-electron chi connectivity index (χ2n) is 10.7. The third kappa shape index (κ3) is 5.95. The molecule has 8 nitrogen and oxygen atoms in total. The number of ether oxygens (including phenoxy) is 1. The van der Waals surface area contributed by atoms with E-state index in [0.717, 1.165) is 48.3 Å². The van der Waals surface area contributed by atoms with Gasteiger partial charge in [-0.15, -0.1) is 0 Å². The first kappa shape index (κ1) is 26.8. The SMILES string of the molecule is CCC(=O)CCCCC[C@H](NC(=O)[C@H]1CC[C@@]2(CC1)OC(=O)c1cnccc12)c1ncc(-c2ccccc2)[nH]1. The molecule has 2 N–H and O–H groups in total. The average Bonchev–Trinajstić information content (AvgIpc) is 3.56. The van der Waals surface area contributed by atoms with Gasteiger partial charge in [0.05, 0.1) is 23.5 Å². The third-order valence-corrected chi connectivity index (χ3v) is 8.15. The molecule has 0 radical (unpaired) electrons. The number of carbonyl (C=O) groups excluding carboxylic acids is 3. The highest BCUT2D eigenvalue weighted by Gasteiger charge is 2.48. The number of nitrogens with one attached hydrogen (secondary N) is 2. The number of amides is 1. The van der Waals surface area contributed by atoms with E-state index in [9.17, 15) is 14.4 Å². The van der Waals surface area contributed by atoms with Gasteiger partial charge in [0, 0.05) is 36.7 Å². The second kappa shape index (κ2) is 11.9. The summed E-state index contributed by atoms with van der Waals surface area (Å²) in [4.78, 5) is 49.7. The predicted octanol–water partition coefficient (Wildman–Crippen LogP) is 5.81. The molecule has 204 valence electrons. The Bertz CT molecular complexity index is 1310. The minimum atomic E-state index is -0.646. The van der Waals surface area contributed by atoms with Gasteiger partial charge in [-0.2, -0.15) is 0 Å². The van der Waals surface area contributed by atoms with E-state index in [0.29, 0.717) is 49.9 Å². The maximum atomic E-state index is 13.5.